The number of amides is 1. The monoisotopic (exact) mass is 256 g/mol. The van der Waals surface area contributed by atoms with Crippen LogP contribution in [-0.2, 0) is 11.2 Å². The van der Waals surface area contributed by atoms with Gasteiger partial charge in [-0.25, -0.2) is 0 Å². The molecule has 1 fully saturated rings. The second-order valence-electron chi connectivity index (χ2n) is 3.87. The van der Waals surface area contributed by atoms with Crippen LogP contribution in [0.1, 0.15) is 4.88 Å². The lowest BCUT2D eigenvalue weighted by molar-refractivity contribution is -0.131. The van der Waals surface area contributed by atoms with Gasteiger partial charge in [0.15, 0.2) is 0 Å². The summed E-state index contributed by atoms with van der Waals surface area (Å²) in [5, 5.41) is 5.07. The third-order valence-corrected chi connectivity index (χ3v) is 3.99. The number of piperazine rings is 1. The van der Waals surface area contributed by atoms with E-state index >= 15 is 0 Å². The average molecular weight is 256 g/mol. The number of nitrogens with zero attached hydrogens (tertiary/aromatic N) is 1. The average Bonchev–Trinajstić information content (AvgIpc) is 2.82. The van der Waals surface area contributed by atoms with Gasteiger partial charge in [-0.3, -0.25) is 4.79 Å². The molecule has 1 N–H and O–H groups in total. The molecule has 3 nitrogen and oxygen atoms in total. The number of thiol groups is 1. The van der Waals surface area contributed by atoms with E-state index in [-0.39, 0.29) is 11.2 Å². The highest BCUT2D eigenvalue weighted by Crippen LogP contribution is 2.15. The summed E-state index contributed by atoms with van der Waals surface area (Å²) in [6, 6.07) is 4.06. The SMILES string of the molecule is O=C(C(S)Cc1cccs1)N1CCNCC1. The fourth-order valence-corrected chi connectivity index (χ4v) is 3.04. The van der Waals surface area contributed by atoms with E-state index < -0.39 is 0 Å². The lowest BCUT2D eigenvalue weighted by Gasteiger charge is -2.29. The zero-order valence-electron chi connectivity index (χ0n) is 9.06. The molecule has 0 aromatic carbocycles. The van der Waals surface area contributed by atoms with Crippen LogP contribution in [0.25, 0.3) is 0 Å². The lowest BCUT2D eigenvalue weighted by Crippen LogP contribution is -2.49. The van der Waals surface area contributed by atoms with Crippen molar-refractivity contribution in [2.75, 3.05) is 26.2 Å². The molecule has 2 heterocycles. The zero-order valence-corrected chi connectivity index (χ0v) is 10.8. The summed E-state index contributed by atoms with van der Waals surface area (Å²) in [5.74, 6) is 0.165. The van der Waals surface area contributed by atoms with E-state index in [0.717, 1.165) is 32.6 Å². The Balaban J connectivity index is 1.88. The van der Waals surface area contributed by atoms with Crippen molar-refractivity contribution in [3.63, 3.8) is 0 Å². The van der Waals surface area contributed by atoms with Gasteiger partial charge < -0.3 is 10.2 Å². The highest BCUT2D eigenvalue weighted by Gasteiger charge is 2.22. The molecular formula is C11H16N2OS2. The van der Waals surface area contributed by atoms with Crippen LogP contribution in [0.3, 0.4) is 0 Å². The molecule has 1 aromatic rings. The molecule has 1 amide bonds. The molecule has 0 saturated carbocycles. The topological polar surface area (TPSA) is 32.3 Å². The molecule has 1 unspecified atom stereocenters. The summed E-state index contributed by atoms with van der Waals surface area (Å²) in [6.45, 7) is 3.40. The van der Waals surface area contributed by atoms with Gasteiger partial charge in [0.25, 0.3) is 0 Å². The molecular weight excluding hydrogens is 240 g/mol. The molecule has 1 atom stereocenters. The molecule has 88 valence electrons. The van der Waals surface area contributed by atoms with Crippen molar-refractivity contribution in [2.24, 2.45) is 0 Å². The number of rotatable bonds is 3. The van der Waals surface area contributed by atoms with E-state index in [9.17, 15) is 4.79 Å². The molecule has 1 aromatic heterocycles. The summed E-state index contributed by atoms with van der Waals surface area (Å²) in [5.41, 5.74) is 0. The van der Waals surface area contributed by atoms with E-state index in [2.05, 4.69) is 24.0 Å². The maximum Gasteiger partial charge on any atom is 0.235 e. The second kappa shape index (κ2) is 5.70. The van der Waals surface area contributed by atoms with Crippen molar-refractivity contribution >= 4 is 29.9 Å². The minimum absolute atomic E-state index is 0.165. The Morgan fingerprint density at radius 1 is 1.56 bits per heavy atom. The molecule has 5 heteroatoms. The summed E-state index contributed by atoms with van der Waals surface area (Å²) < 4.78 is 0. The van der Waals surface area contributed by atoms with Crippen molar-refractivity contribution in [1.82, 2.24) is 10.2 Å². The van der Waals surface area contributed by atoms with Crippen molar-refractivity contribution in [1.29, 1.82) is 0 Å². The highest BCUT2D eigenvalue weighted by atomic mass is 32.1. The Hall–Kier alpha value is -0.520. The standard InChI is InChI=1S/C11H16N2OS2/c14-11(13-5-3-12-4-6-13)10(15)8-9-2-1-7-16-9/h1-2,7,10,12,15H,3-6,8H2. The Bertz CT molecular complexity index is 334. The first-order valence-electron chi connectivity index (χ1n) is 5.47. The highest BCUT2D eigenvalue weighted by molar-refractivity contribution is 7.81. The predicted molar refractivity (Wildman–Crippen MR) is 70.2 cm³/mol. The number of hydrogen-bond donors (Lipinski definition) is 2. The fraction of sp³-hybridized carbons (Fsp3) is 0.545. The molecule has 0 bridgehead atoms. The molecule has 0 spiro atoms. The number of carbonyl (C=O) groups is 1. The van der Waals surface area contributed by atoms with Crippen LogP contribution in [-0.4, -0.2) is 42.2 Å². The normalized spacial score (nSPS) is 18.4. The van der Waals surface area contributed by atoms with E-state index in [1.807, 2.05) is 16.3 Å². The van der Waals surface area contributed by atoms with Crippen molar-refractivity contribution in [3.05, 3.63) is 22.4 Å². The van der Waals surface area contributed by atoms with Gasteiger partial charge in [0.2, 0.25) is 5.91 Å². The predicted octanol–water partition coefficient (Wildman–Crippen LogP) is 1.02. The maximum absolute atomic E-state index is 12.1. The molecule has 1 saturated heterocycles. The second-order valence-corrected chi connectivity index (χ2v) is 5.53. The zero-order chi connectivity index (χ0) is 11.4. The Kier molecular flexibility index (Phi) is 4.26. The number of thiophene rings is 1. The van der Waals surface area contributed by atoms with E-state index in [4.69, 9.17) is 0 Å². The van der Waals surface area contributed by atoms with Crippen molar-refractivity contribution in [2.45, 2.75) is 11.7 Å². The quantitative estimate of drug-likeness (QED) is 0.792. The molecule has 0 radical (unpaired) electrons. The molecule has 2 rings (SSSR count). The van der Waals surface area contributed by atoms with Crippen LogP contribution in [0.4, 0.5) is 0 Å². The van der Waals surface area contributed by atoms with Gasteiger partial charge in [0.1, 0.15) is 0 Å². The number of nitrogens with one attached hydrogen (secondary N) is 1. The van der Waals surface area contributed by atoms with Gasteiger partial charge in [-0.05, 0) is 11.4 Å². The van der Waals surface area contributed by atoms with Crippen LogP contribution >= 0.6 is 24.0 Å². The Morgan fingerprint density at radius 3 is 2.94 bits per heavy atom. The smallest absolute Gasteiger partial charge is 0.235 e. The van der Waals surface area contributed by atoms with Crippen molar-refractivity contribution < 1.29 is 4.79 Å². The van der Waals surface area contributed by atoms with Crippen LogP contribution < -0.4 is 5.32 Å². The first-order chi connectivity index (χ1) is 7.77. The minimum atomic E-state index is -0.197. The number of hydrogen-bond acceptors (Lipinski definition) is 4. The van der Waals surface area contributed by atoms with Gasteiger partial charge in [0, 0.05) is 37.5 Å². The Morgan fingerprint density at radius 2 is 2.31 bits per heavy atom. The Labute approximate surface area is 105 Å². The maximum atomic E-state index is 12.1. The summed E-state index contributed by atoms with van der Waals surface area (Å²) in [4.78, 5) is 15.2. The fourth-order valence-electron chi connectivity index (χ4n) is 1.80. The third kappa shape index (κ3) is 2.99. The van der Waals surface area contributed by atoms with Crippen LogP contribution in [0.5, 0.6) is 0 Å². The van der Waals surface area contributed by atoms with Crippen LogP contribution in [0.2, 0.25) is 0 Å². The van der Waals surface area contributed by atoms with Gasteiger partial charge in [-0.15, -0.1) is 11.3 Å². The summed E-state index contributed by atoms with van der Waals surface area (Å²) in [7, 11) is 0. The van der Waals surface area contributed by atoms with Crippen LogP contribution in [0, 0.1) is 0 Å². The minimum Gasteiger partial charge on any atom is -0.339 e. The first kappa shape index (κ1) is 12.0. The van der Waals surface area contributed by atoms with Gasteiger partial charge >= 0.3 is 0 Å². The molecule has 1 aliphatic heterocycles. The third-order valence-electron chi connectivity index (χ3n) is 2.69. The number of carbonyl (C=O) groups excluding carboxylic acids is 1. The first-order valence-corrected chi connectivity index (χ1v) is 6.87. The van der Waals surface area contributed by atoms with Gasteiger partial charge in [-0.2, -0.15) is 12.6 Å². The van der Waals surface area contributed by atoms with Gasteiger partial charge in [-0.1, -0.05) is 6.07 Å². The van der Waals surface area contributed by atoms with Crippen molar-refractivity contribution in [3.8, 4) is 0 Å². The lowest BCUT2D eigenvalue weighted by atomic mass is 10.2. The molecule has 1 aliphatic rings. The summed E-state index contributed by atoms with van der Waals surface area (Å²) >= 11 is 6.10. The van der Waals surface area contributed by atoms with E-state index in [0.29, 0.717) is 0 Å². The molecule has 16 heavy (non-hydrogen) atoms. The van der Waals surface area contributed by atoms with Gasteiger partial charge in [0.05, 0.1) is 5.25 Å². The van der Waals surface area contributed by atoms with E-state index in [1.54, 1.807) is 11.3 Å². The summed E-state index contributed by atoms with van der Waals surface area (Å²) in [6.07, 6.45) is 0.740. The van der Waals surface area contributed by atoms with Crippen LogP contribution in [0.15, 0.2) is 17.5 Å². The largest absolute Gasteiger partial charge is 0.339 e. The van der Waals surface area contributed by atoms with E-state index in [1.165, 1.54) is 4.88 Å². The molecule has 0 aliphatic carbocycles.